The molecule has 4 nitrogen and oxygen atoms in total. The first-order valence-electron chi connectivity index (χ1n) is 7.83. The van der Waals surface area contributed by atoms with Gasteiger partial charge in [-0.2, -0.15) is 0 Å². The van der Waals surface area contributed by atoms with Crippen molar-refractivity contribution in [2.45, 2.75) is 27.2 Å². The Morgan fingerprint density at radius 1 is 1.25 bits per heavy atom. The maximum atomic E-state index is 14.1. The molecular formula is C18H20F2N2O2. The number of Topliss-reactive ketones (excluding diaryl/α,β-unsaturated/α-hetero) is 1. The summed E-state index contributed by atoms with van der Waals surface area (Å²) in [5.74, 6) is -2.46. The fourth-order valence-corrected chi connectivity index (χ4v) is 3.87. The summed E-state index contributed by atoms with van der Waals surface area (Å²) >= 11 is 0. The van der Waals surface area contributed by atoms with E-state index in [2.05, 4.69) is 0 Å². The van der Waals surface area contributed by atoms with Gasteiger partial charge in [-0.1, -0.05) is 19.9 Å². The fourth-order valence-electron chi connectivity index (χ4n) is 3.87. The normalized spacial score (nSPS) is 21.5. The Labute approximate surface area is 139 Å². The van der Waals surface area contributed by atoms with Gasteiger partial charge in [0.2, 0.25) is 0 Å². The molecule has 24 heavy (non-hydrogen) atoms. The largest absolute Gasteiger partial charge is 0.396 e. The van der Waals surface area contributed by atoms with Crippen LogP contribution < -0.4 is 5.73 Å². The van der Waals surface area contributed by atoms with Crippen LogP contribution in [-0.4, -0.2) is 29.7 Å². The van der Waals surface area contributed by atoms with E-state index in [4.69, 9.17) is 5.73 Å². The molecule has 1 aromatic rings. The van der Waals surface area contributed by atoms with Crippen LogP contribution in [-0.2, 0) is 4.79 Å². The quantitative estimate of drug-likeness (QED) is 0.858. The van der Waals surface area contributed by atoms with E-state index in [1.54, 1.807) is 6.08 Å². The molecule has 1 heterocycles. The maximum Gasteiger partial charge on any atom is 0.259 e. The highest BCUT2D eigenvalue weighted by Crippen LogP contribution is 2.47. The lowest BCUT2D eigenvalue weighted by Crippen LogP contribution is -2.61. The van der Waals surface area contributed by atoms with Crippen molar-refractivity contribution in [3.8, 4) is 0 Å². The number of benzene rings is 1. The molecule has 1 amide bonds. The Balaban J connectivity index is 1.84. The molecule has 6 heteroatoms. The zero-order valence-electron chi connectivity index (χ0n) is 14.0. The number of nitrogens with two attached hydrogens (primary N) is 1. The smallest absolute Gasteiger partial charge is 0.259 e. The van der Waals surface area contributed by atoms with Gasteiger partial charge in [-0.15, -0.1) is 0 Å². The zero-order chi connectivity index (χ0) is 17.9. The van der Waals surface area contributed by atoms with Crippen LogP contribution in [0.3, 0.4) is 0 Å². The number of nitrogens with zero attached hydrogens (tertiary/aromatic N) is 1. The Kier molecular flexibility index (Phi) is 3.55. The number of likely N-dealkylation sites (tertiary alicyclic amines) is 1. The van der Waals surface area contributed by atoms with Crippen LogP contribution in [0.4, 0.5) is 8.78 Å². The number of allylic oxidation sites excluding steroid dienone is 1. The summed E-state index contributed by atoms with van der Waals surface area (Å²) in [6, 6.07) is 2.40. The summed E-state index contributed by atoms with van der Waals surface area (Å²) < 4.78 is 28.0. The molecule has 1 fully saturated rings. The van der Waals surface area contributed by atoms with Crippen molar-refractivity contribution in [1.29, 1.82) is 0 Å². The van der Waals surface area contributed by atoms with E-state index in [9.17, 15) is 18.4 Å². The summed E-state index contributed by atoms with van der Waals surface area (Å²) in [5.41, 5.74) is 4.73. The highest BCUT2D eigenvalue weighted by Gasteiger charge is 2.52. The van der Waals surface area contributed by atoms with E-state index in [-0.39, 0.29) is 17.0 Å². The van der Waals surface area contributed by atoms with Gasteiger partial charge in [0, 0.05) is 23.9 Å². The molecule has 3 rings (SSSR count). The van der Waals surface area contributed by atoms with Crippen LogP contribution in [0.15, 0.2) is 23.9 Å². The molecule has 0 bridgehead atoms. The minimum Gasteiger partial charge on any atom is -0.396 e. The summed E-state index contributed by atoms with van der Waals surface area (Å²) in [7, 11) is 0. The lowest BCUT2D eigenvalue weighted by atomic mass is 9.62. The van der Waals surface area contributed by atoms with Crippen molar-refractivity contribution in [3.05, 3.63) is 46.7 Å². The average molecular weight is 334 g/mol. The van der Waals surface area contributed by atoms with Crippen LogP contribution in [0.25, 0.3) is 0 Å². The molecule has 1 spiro atoms. The zero-order valence-corrected chi connectivity index (χ0v) is 14.0. The first-order chi connectivity index (χ1) is 11.1. The topological polar surface area (TPSA) is 63.4 Å². The molecule has 1 saturated heterocycles. The van der Waals surface area contributed by atoms with Crippen molar-refractivity contribution in [3.63, 3.8) is 0 Å². The molecule has 1 aliphatic heterocycles. The molecule has 0 unspecified atom stereocenters. The fraction of sp³-hybridized carbons (Fsp3) is 0.444. The number of hydrogen-bond acceptors (Lipinski definition) is 3. The summed E-state index contributed by atoms with van der Waals surface area (Å²) in [6.07, 6.45) is 2.26. The van der Waals surface area contributed by atoms with Gasteiger partial charge in [-0.25, -0.2) is 8.78 Å². The minimum atomic E-state index is -0.863. The Hall–Kier alpha value is -2.24. The van der Waals surface area contributed by atoms with Crippen molar-refractivity contribution in [1.82, 2.24) is 4.90 Å². The van der Waals surface area contributed by atoms with E-state index < -0.39 is 33.9 Å². The van der Waals surface area contributed by atoms with E-state index in [0.717, 1.165) is 6.07 Å². The molecule has 128 valence electrons. The van der Waals surface area contributed by atoms with E-state index in [0.29, 0.717) is 19.5 Å². The lowest BCUT2D eigenvalue weighted by molar-refractivity contribution is -0.127. The van der Waals surface area contributed by atoms with Crippen LogP contribution in [0, 0.1) is 29.4 Å². The second-order valence-electron chi connectivity index (χ2n) is 7.57. The number of amides is 1. The monoisotopic (exact) mass is 334 g/mol. The lowest BCUT2D eigenvalue weighted by Gasteiger charge is -2.53. The number of aryl methyl sites for hydroxylation is 1. The predicted molar refractivity (Wildman–Crippen MR) is 85.1 cm³/mol. The van der Waals surface area contributed by atoms with Crippen LogP contribution in [0.5, 0.6) is 0 Å². The van der Waals surface area contributed by atoms with E-state index >= 15 is 0 Å². The highest BCUT2D eigenvalue weighted by molar-refractivity contribution is 6.00. The third kappa shape index (κ3) is 2.41. The average Bonchev–Trinajstić information content (AvgIpc) is 2.45. The van der Waals surface area contributed by atoms with Gasteiger partial charge >= 0.3 is 0 Å². The Morgan fingerprint density at radius 2 is 1.88 bits per heavy atom. The van der Waals surface area contributed by atoms with Crippen molar-refractivity contribution >= 4 is 11.7 Å². The standard InChI is InChI=1S/C18H20F2N2O2/c1-10-4-5-11(19)13(14(10)20)16(24)22-8-18(9-22)6-12(21)15(23)17(2,3)7-18/h4-6H,7-9,21H2,1-3H3. The van der Waals surface area contributed by atoms with Gasteiger partial charge in [0.05, 0.1) is 5.70 Å². The molecule has 2 N–H and O–H groups in total. The maximum absolute atomic E-state index is 14.1. The van der Waals surface area contributed by atoms with E-state index in [1.807, 2.05) is 13.8 Å². The molecule has 1 aliphatic carbocycles. The van der Waals surface area contributed by atoms with Gasteiger partial charge in [-0.3, -0.25) is 9.59 Å². The second-order valence-corrected chi connectivity index (χ2v) is 7.57. The first-order valence-corrected chi connectivity index (χ1v) is 7.83. The SMILES string of the molecule is Cc1ccc(F)c(C(=O)N2CC3(C=C(N)C(=O)C(C)(C)C3)C2)c1F. The van der Waals surface area contributed by atoms with Crippen LogP contribution >= 0.6 is 0 Å². The van der Waals surface area contributed by atoms with Crippen molar-refractivity contribution < 1.29 is 18.4 Å². The van der Waals surface area contributed by atoms with Gasteiger partial charge in [-0.05, 0) is 31.1 Å². The number of rotatable bonds is 1. The number of hydrogen-bond donors (Lipinski definition) is 1. The third-order valence-electron chi connectivity index (χ3n) is 4.93. The second kappa shape index (κ2) is 5.13. The molecule has 0 saturated carbocycles. The summed E-state index contributed by atoms with van der Waals surface area (Å²) in [6.45, 7) is 5.73. The highest BCUT2D eigenvalue weighted by atomic mass is 19.1. The van der Waals surface area contributed by atoms with Gasteiger partial charge < -0.3 is 10.6 Å². The number of carbonyl (C=O) groups is 2. The summed E-state index contributed by atoms with van der Waals surface area (Å²) in [5, 5.41) is 0. The van der Waals surface area contributed by atoms with Crippen LogP contribution in [0.1, 0.15) is 36.2 Å². The molecule has 2 aliphatic rings. The summed E-state index contributed by atoms with van der Waals surface area (Å²) in [4.78, 5) is 25.9. The van der Waals surface area contributed by atoms with Crippen molar-refractivity contribution in [2.24, 2.45) is 16.6 Å². The molecule has 0 radical (unpaired) electrons. The van der Waals surface area contributed by atoms with Gasteiger partial charge in [0.1, 0.15) is 17.2 Å². The number of ketones is 1. The predicted octanol–water partition coefficient (Wildman–Crippen LogP) is 2.56. The first kappa shape index (κ1) is 16.6. The van der Waals surface area contributed by atoms with Gasteiger partial charge in [0.15, 0.2) is 5.78 Å². The minimum absolute atomic E-state index is 0.103. The third-order valence-corrected chi connectivity index (χ3v) is 4.93. The molecule has 1 aromatic carbocycles. The Morgan fingerprint density at radius 3 is 2.46 bits per heavy atom. The number of halogens is 2. The van der Waals surface area contributed by atoms with Crippen LogP contribution in [0.2, 0.25) is 0 Å². The van der Waals surface area contributed by atoms with Gasteiger partial charge in [0.25, 0.3) is 5.91 Å². The molecule has 0 atom stereocenters. The number of carbonyl (C=O) groups excluding carboxylic acids is 2. The van der Waals surface area contributed by atoms with Crippen molar-refractivity contribution in [2.75, 3.05) is 13.1 Å². The van der Waals surface area contributed by atoms with E-state index in [1.165, 1.54) is 17.9 Å². The Bertz CT molecular complexity index is 777. The molecular weight excluding hydrogens is 314 g/mol. The molecule has 0 aromatic heterocycles.